The van der Waals surface area contributed by atoms with E-state index in [0.29, 0.717) is 23.7 Å². The minimum Gasteiger partial charge on any atom is -0.307 e. The first-order valence-electron chi connectivity index (χ1n) is 5.92. The lowest BCUT2D eigenvalue weighted by Crippen LogP contribution is -2.58. The zero-order chi connectivity index (χ0) is 10.6. The Kier molecular flexibility index (Phi) is 1.80. The van der Waals surface area contributed by atoms with E-state index in [-0.39, 0.29) is 0 Å². The van der Waals surface area contributed by atoms with Crippen LogP contribution in [0.4, 0.5) is 0 Å². The number of rotatable bonds is 2. The van der Waals surface area contributed by atoms with E-state index in [1.807, 2.05) is 0 Å². The Labute approximate surface area is 89.1 Å². The Morgan fingerprint density at radius 3 is 2.40 bits per heavy atom. The van der Waals surface area contributed by atoms with Gasteiger partial charge in [0, 0.05) is 0 Å². The molecule has 5 atom stereocenters. The highest BCUT2D eigenvalue weighted by molar-refractivity contribution is 5.06. The third kappa shape index (κ3) is 1.26. The second-order valence-corrected chi connectivity index (χ2v) is 5.78. The van der Waals surface area contributed by atoms with Crippen LogP contribution in [-0.2, 0) is 4.84 Å². The highest BCUT2D eigenvalue weighted by atomic mass is 17.0. The molecule has 0 aromatic heterocycles. The topological polar surface area (TPSA) is 52.4 Å². The molecule has 0 aromatic rings. The number of hydrogen-bond acceptors (Lipinski definition) is 3. The molecule has 0 N–H and O–H groups in total. The van der Waals surface area contributed by atoms with E-state index in [4.69, 9.17) is 4.84 Å². The van der Waals surface area contributed by atoms with Gasteiger partial charge < -0.3 is 4.84 Å². The Morgan fingerprint density at radius 1 is 1.27 bits per heavy atom. The van der Waals surface area contributed by atoms with Crippen molar-refractivity contribution >= 4 is 0 Å². The van der Waals surface area contributed by atoms with Crippen molar-refractivity contribution < 1.29 is 9.92 Å². The van der Waals surface area contributed by atoms with E-state index in [0.717, 1.165) is 12.8 Å². The molecule has 0 radical (unpaired) electrons. The van der Waals surface area contributed by atoms with Gasteiger partial charge in [0.15, 0.2) is 0 Å². The second kappa shape index (κ2) is 2.86. The Morgan fingerprint density at radius 2 is 1.87 bits per heavy atom. The van der Waals surface area contributed by atoms with Crippen molar-refractivity contribution in [3.63, 3.8) is 0 Å². The summed E-state index contributed by atoms with van der Waals surface area (Å²) in [5, 5.41) is 10.0. The molecule has 0 saturated heterocycles. The van der Waals surface area contributed by atoms with Gasteiger partial charge in [0.1, 0.15) is 5.60 Å². The van der Waals surface area contributed by atoms with Gasteiger partial charge in [-0.15, -0.1) is 10.1 Å². The maximum absolute atomic E-state index is 10.6. The first-order chi connectivity index (χ1) is 7.09. The fraction of sp³-hybridized carbons (Fsp3) is 1.00. The van der Waals surface area contributed by atoms with E-state index >= 15 is 0 Å². The van der Waals surface area contributed by atoms with Gasteiger partial charge in [0.25, 0.3) is 5.09 Å². The summed E-state index contributed by atoms with van der Waals surface area (Å²) in [5.41, 5.74) is -0.418. The monoisotopic (exact) mass is 211 g/mol. The van der Waals surface area contributed by atoms with Crippen LogP contribution >= 0.6 is 0 Å². The van der Waals surface area contributed by atoms with Crippen molar-refractivity contribution in [3.8, 4) is 0 Å². The van der Waals surface area contributed by atoms with Crippen molar-refractivity contribution in [1.82, 2.24) is 0 Å². The normalized spacial score (nSPS) is 51.8. The van der Waals surface area contributed by atoms with Gasteiger partial charge in [-0.25, -0.2) is 0 Å². The minimum atomic E-state index is -0.566. The van der Waals surface area contributed by atoms with Crippen LogP contribution in [0.2, 0.25) is 0 Å². The van der Waals surface area contributed by atoms with E-state index in [1.165, 1.54) is 19.3 Å². The molecule has 4 nitrogen and oxygen atoms in total. The average molecular weight is 211 g/mol. The van der Waals surface area contributed by atoms with Crippen molar-refractivity contribution in [3.05, 3.63) is 10.1 Å². The van der Waals surface area contributed by atoms with E-state index < -0.39 is 10.7 Å². The molecule has 0 aromatic carbocycles. The summed E-state index contributed by atoms with van der Waals surface area (Å²) < 4.78 is 0. The van der Waals surface area contributed by atoms with Crippen molar-refractivity contribution in [2.45, 2.75) is 44.6 Å². The molecule has 3 unspecified atom stereocenters. The molecule has 4 bridgehead atoms. The molecule has 4 heteroatoms. The quantitative estimate of drug-likeness (QED) is 0.520. The molecule has 84 valence electrons. The van der Waals surface area contributed by atoms with Gasteiger partial charge in [-0.1, -0.05) is 6.92 Å². The summed E-state index contributed by atoms with van der Waals surface area (Å²) in [7, 11) is 0. The van der Waals surface area contributed by atoms with Crippen LogP contribution in [0.1, 0.15) is 39.0 Å². The second-order valence-electron chi connectivity index (χ2n) is 5.78. The molecule has 0 aliphatic heterocycles. The summed E-state index contributed by atoms with van der Waals surface area (Å²) in [4.78, 5) is 15.7. The molecule has 0 spiro atoms. The smallest absolute Gasteiger partial charge is 0.295 e. The van der Waals surface area contributed by atoms with Crippen molar-refractivity contribution in [2.24, 2.45) is 23.7 Å². The predicted octanol–water partition coefficient (Wildman–Crippen LogP) is 2.41. The van der Waals surface area contributed by atoms with Gasteiger partial charge in [-0.05, 0) is 55.8 Å². The minimum absolute atomic E-state index is 0.371. The van der Waals surface area contributed by atoms with Crippen molar-refractivity contribution in [2.75, 3.05) is 0 Å². The number of nitrogens with zero attached hydrogens (tertiary/aromatic N) is 1. The van der Waals surface area contributed by atoms with Crippen molar-refractivity contribution in [1.29, 1.82) is 0 Å². The maximum atomic E-state index is 10.6. The fourth-order valence-corrected chi connectivity index (χ4v) is 4.53. The van der Waals surface area contributed by atoms with Crippen LogP contribution in [0.15, 0.2) is 0 Å². The van der Waals surface area contributed by atoms with Crippen LogP contribution in [-0.4, -0.2) is 10.7 Å². The average Bonchev–Trinajstić information content (AvgIpc) is 2.11. The summed E-state index contributed by atoms with van der Waals surface area (Å²) in [6.45, 7) is 2.14. The van der Waals surface area contributed by atoms with Crippen LogP contribution < -0.4 is 0 Å². The van der Waals surface area contributed by atoms with E-state index in [1.54, 1.807) is 0 Å². The molecule has 0 amide bonds. The predicted molar refractivity (Wildman–Crippen MR) is 53.5 cm³/mol. The van der Waals surface area contributed by atoms with E-state index in [9.17, 15) is 10.1 Å². The third-order valence-electron chi connectivity index (χ3n) is 5.00. The summed E-state index contributed by atoms with van der Waals surface area (Å²) >= 11 is 0. The maximum Gasteiger partial charge on any atom is 0.295 e. The lowest BCUT2D eigenvalue weighted by molar-refractivity contribution is -0.787. The Bertz CT molecular complexity index is 290. The van der Waals surface area contributed by atoms with Gasteiger partial charge in [-0.2, -0.15) is 0 Å². The summed E-state index contributed by atoms with van der Waals surface area (Å²) in [5.74, 6) is 2.43. The molecule has 4 fully saturated rings. The highest BCUT2D eigenvalue weighted by Crippen LogP contribution is 2.59. The fourth-order valence-electron chi connectivity index (χ4n) is 4.53. The first kappa shape index (κ1) is 9.43. The lowest BCUT2D eigenvalue weighted by atomic mass is 9.50. The zero-order valence-electron chi connectivity index (χ0n) is 9.02. The molecule has 4 aliphatic rings. The molecule has 15 heavy (non-hydrogen) atoms. The highest BCUT2D eigenvalue weighted by Gasteiger charge is 2.57. The summed E-state index contributed by atoms with van der Waals surface area (Å²) in [6, 6.07) is 0. The Balaban J connectivity index is 1.90. The van der Waals surface area contributed by atoms with Crippen LogP contribution in [0, 0.1) is 33.8 Å². The molecular weight excluding hydrogens is 194 g/mol. The van der Waals surface area contributed by atoms with E-state index in [2.05, 4.69) is 6.92 Å². The van der Waals surface area contributed by atoms with Crippen LogP contribution in [0.25, 0.3) is 0 Å². The third-order valence-corrected chi connectivity index (χ3v) is 5.00. The lowest BCUT2D eigenvalue weighted by Gasteiger charge is -2.58. The van der Waals surface area contributed by atoms with Crippen LogP contribution in [0.5, 0.6) is 0 Å². The summed E-state index contributed by atoms with van der Waals surface area (Å²) in [6.07, 6.45) is 5.68. The van der Waals surface area contributed by atoms with Gasteiger partial charge in [0.2, 0.25) is 0 Å². The van der Waals surface area contributed by atoms with Gasteiger partial charge >= 0.3 is 0 Å². The molecule has 0 heterocycles. The molecule has 4 aliphatic carbocycles. The van der Waals surface area contributed by atoms with Gasteiger partial charge in [-0.3, -0.25) is 0 Å². The molecule has 4 saturated carbocycles. The first-order valence-corrected chi connectivity index (χ1v) is 5.92. The molecule has 4 rings (SSSR count). The number of hydrogen-bond donors (Lipinski definition) is 0. The SMILES string of the molecule is CC1C2C[C@@H]3C[C@H](C2)CC1(O[N+](=O)[O-])C3. The molecular formula is C11H17NO3. The standard InChI is InChI=1S/C11H17NO3/c1-7-10-3-8-2-9(4-10)6-11(7,5-8)15-12(13)14/h7-10H,2-6H2,1H3/t7?,8-,9+,10?,11?. The largest absolute Gasteiger partial charge is 0.307 e. The van der Waals surface area contributed by atoms with Gasteiger partial charge in [0.05, 0.1) is 0 Å². The zero-order valence-corrected chi connectivity index (χ0v) is 9.02. The van der Waals surface area contributed by atoms with Crippen LogP contribution in [0.3, 0.4) is 0 Å². The Hall–Kier alpha value is -0.800.